The van der Waals surface area contributed by atoms with Crippen LogP contribution in [0.15, 0.2) is 23.8 Å². The summed E-state index contributed by atoms with van der Waals surface area (Å²) in [6, 6.07) is 0. The van der Waals surface area contributed by atoms with Crippen molar-refractivity contribution in [3.63, 3.8) is 0 Å². The molecule has 0 saturated heterocycles. The Morgan fingerprint density at radius 1 is 1.11 bits per heavy atom. The summed E-state index contributed by atoms with van der Waals surface area (Å²) in [4.78, 5) is 0. The maximum Gasteiger partial charge on any atom is -0.0172 e. The van der Waals surface area contributed by atoms with Crippen molar-refractivity contribution in [3.8, 4) is 0 Å². The summed E-state index contributed by atoms with van der Waals surface area (Å²) >= 11 is 0. The van der Waals surface area contributed by atoms with E-state index in [0.717, 1.165) is 23.7 Å². The molecule has 1 rings (SSSR count). The van der Waals surface area contributed by atoms with E-state index in [4.69, 9.17) is 0 Å². The van der Waals surface area contributed by atoms with Gasteiger partial charge >= 0.3 is 0 Å². The Balaban J connectivity index is 0.00000154. The van der Waals surface area contributed by atoms with Crippen molar-refractivity contribution in [1.29, 1.82) is 0 Å². The van der Waals surface area contributed by atoms with Gasteiger partial charge in [-0.25, -0.2) is 0 Å². The van der Waals surface area contributed by atoms with Crippen LogP contribution >= 0.6 is 0 Å². The van der Waals surface area contributed by atoms with Crippen LogP contribution in [0.25, 0.3) is 0 Å². The van der Waals surface area contributed by atoms with Crippen LogP contribution in [0.5, 0.6) is 0 Å². The molecule has 2 unspecified atom stereocenters. The molecule has 19 heavy (non-hydrogen) atoms. The molecule has 0 spiro atoms. The maximum absolute atomic E-state index is 2.40. The second-order valence-corrected chi connectivity index (χ2v) is 6.26. The lowest BCUT2D eigenvalue weighted by Crippen LogP contribution is -2.24. The fourth-order valence-electron chi connectivity index (χ4n) is 3.22. The van der Waals surface area contributed by atoms with Gasteiger partial charge in [-0.3, -0.25) is 0 Å². The Labute approximate surface area is 122 Å². The lowest BCUT2D eigenvalue weighted by Gasteiger charge is -2.33. The Morgan fingerprint density at radius 3 is 2.11 bits per heavy atom. The summed E-state index contributed by atoms with van der Waals surface area (Å²) in [6.45, 7) is 15.9. The standard InChI is InChI=1S/C17H30.C2H6/c1-6-16(15-10-8-7-9-11-15)17(14(4)5)12-13(2)3;1-2/h7-8,10,13-14,16-17H,6,9,11-12H2,1-5H3;1-2H3. The average molecular weight is 264 g/mol. The van der Waals surface area contributed by atoms with Gasteiger partial charge in [0, 0.05) is 0 Å². The van der Waals surface area contributed by atoms with E-state index in [9.17, 15) is 0 Å². The summed E-state index contributed by atoms with van der Waals surface area (Å²) in [6.07, 6.45) is 12.1. The highest BCUT2D eigenvalue weighted by Crippen LogP contribution is 2.37. The van der Waals surface area contributed by atoms with Crippen molar-refractivity contribution < 1.29 is 0 Å². The van der Waals surface area contributed by atoms with Crippen molar-refractivity contribution >= 4 is 0 Å². The lowest BCUT2D eigenvalue weighted by atomic mass is 9.72. The maximum atomic E-state index is 2.40. The predicted molar refractivity (Wildman–Crippen MR) is 89.4 cm³/mol. The molecule has 0 aliphatic heterocycles. The van der Waals surface area contributed by atoms with E-state index < -0.39 is 0 Å². The van der Waals surface area contributed by atoms with Crippen molar-refractivity contribution in [2.24, 2.45) is 23.7 Å². The molecule has 0 N–H and O–H groups in total. The first-order valence-electron chi connectivity index (χ1n) is 8.41. The first-order chi connectivity index (χ1) is 9.06. The predicted octanol–water partition coefficient (Wildman–Crippen LogP) is 6.63. The highest BCUT2D eigenvalue weighted by molar-refractivity contribution is 5.20. The summed E-state index contributed by atoms with van der Waals surface area (Å²) in [5.74, 6) is 3.28. The third-order valence-electron chi connectivity index (χ3n) is 4.08. The van der Waals surface area contributed by atoms with Crippen LogP contribution in [-0.2, 0) is 0 Å². The fraction of sp³-hybridized carbons (Fsp3) is 0.789. The Kier molecular flexibility index (Phi) is 10.0. The zero-order valence-electron chi connectivity index (χ0n) is 14.4. The van der Waals surface area contributed by atoms with Gasteiger partial charge in [-0.2, -0.15) is 0 Å². The normalized spacial score (nSPS) is 17.8. The smallest absolute Gasteiger partial charge is 0.0172 e. The lowest BCUT2D eigenvalue weighted by molar-refractivity contribution is 0.230. The van der Waals surface area contributed by atoms with Crippen molar-refractivity contribution in [1.82, 2.24) is 0 Å². The zero-order valence-corrected chi connectivity index (χ0v) is 14.4. The molecule has 0 heterocycles. The molecule has 1 aliphatic carbocycles. The van der Waals surface area contributed by atoms with Gasteiger partial charge in [0.2, 0.25) is 0 Å². The Morgan fingerprint density at radius 2 is 1.74 bits per heavy atom. The largest absolute Gasteiger partial charge is 0.0842 e. The summed E-state index contributed by atoms with van der Waals surface area (Å²) in [7, 11) is 0. The van der Waals surface area contributed by atoms with E-state index in [-0.39, 0.29) is 0 Å². The van der Waals surface area contributed by atoms with E-state index in [0.29, 0.717) is 0 Å². The first-order valence-corrected chi connectivity index (χ1v) is 8.41. The summed E-state index contributed by atoms with van der Waals surface area (Å²) in [5, 5.41) is 0. The fourth-order valence-corrected chi connectivity index (χ4v) is 3.22. The molecule has 2 atom stereocenters. The quantitative estimate of drug-likeness (QED) is 0.505. The second-order valence-electron chi connectivity index (χ2n) is 6.26. The highest BCUT2D eigenvalue weighted by atomic mass is 14.3. The minimum Gasteiger partial charge on any atom is -0.0842 e. The highest BCUT2D eigenvalue weighted by Gasteiger charge is 2.26. The first kappa shape index (κ1) is 18.5. The van der Waals surface area contributed by atoms with Crippen LogP contribution in [0.4, 0.5) is 0 Å². The Hall–Kier alpha value is -0.520. The molecule has 1 aliphatic rings. The van der Waals surface area contributed by atoms with Crippen LogP contribution in [0.1, 0.15) is 74.1 Å². The number of allylic oxidation sites excluding steroid dienone is 4. The molecular formula is C19H36. The second kappa shape index (κ2) is 10.3. The monoisotopic (exact) mass is 264 g/mol. The van der Waals surface area contributed by atoms with Gasteiger partial charge in [-0.05, 0) is 49.4 Å². The van der Waals surface area contributed by atoms with E-state index in [2.05, 4.69) is 52.8 Å². The molecule has 0 aromatic rings. The minimum absolute atomic E-state index is 0.800. The third-order valence-corrected chi connectivity index (χ3v) is 4.08. The number of hydrogen-bond acceptors (Lipinski definition) is 0. The topological polar surface area (TPSA) is 0 Å². The van der Waals surface area contributed by atoms with Gasteiger partial charge < -0.3 is 0 Å². The number of rotatable bonds is 6. The van der Waals surface area contributed by atoms with Gasteiger partial charge in [-0.15, -0.1) is 0 Å². The van der Waals surface area contributed by atoms with Crippen LogP contribution in [0, 0.1) is 23.7 Å². The molecule has 0 radical (unpaired) electrons. The molecule has 0 amide bonds. The molecule has 0 saturated carbocycles. The summed E-state index contributed by atoms with van der Waals surface area (Å²) < 4.78 is 0. The molecule has 0 fully saturated rings. The van der Waals surface area contributed by atoms with Gasteiger partial charge in [0.25, 0.3) is 0 Å². The van der Waals surface area contributed by atoms with Crippen LogP contribution in [0.3, 0.4) is 0 Å². The summed E-state index contributed by atoms with van der Waals surface area (Å²) in [5.41, 5.74) is 1.70. The molecular weight excluding hydrogens is 228 g/mol. The Bertz CT molecular complexity index is 268. The average Bonchev–Trinajstić information content (AvgIpc) is 2.41. The van der Waals surface area contributed by atoms with Crippen LogP contribution in [-0.4, -0.2) is 0 Å². The van der Waals surface area contributed by atoms with Crippen molar-refractivity contribution in [3.05, 3.63) is 23.8 Å². The van der Waals surface area contributed by atoms with Crippen molar-refractivity contribution in [2.45, 2.75) is 74.1 Å². The van der Waals surface area contributed by atoms with Gasteiger partial charge in [0.05, 0.1) is 0 Å². The molecule has 0 bridgehead atoms. The van der Waals surface area contributed by atoms with Gasteiger partial charge in [-0.1, -0.05) is 72.3 Å². The van der Waals surface area contributed by atoms with Gasteiger partial charge in [0.15, 0.2) is 0 Å². The third kappa shape index (κ3) is 6.45. The molecule has 0 heteroatoms. The molecule has 0 nitrogen and oxygen atoms in total. The van der Waals surface area contributed by atoms with E-state index >= 15 is 0 Å². The van der Waals surface area contributed by atoms with Gasteiger partial charge in [0.1, 0.15) is 0 Å². The SMILES string of the molecule is CC.CCC(C1=CC=CCC1)C(CC(C)C)C(C)C. The number of hydrogen-bond donors (Lipinski definition) is 0. The van der Waals surface area contributed by atoms with E-state index in [1.165, 1.54) is 25.7 Å². The zero-order chi connectivity index (χ0) is 14.8. The van der Waals surface area contributed by atoms with Crippen LogP contribution in [0.2, 0.25) is 0 Å². The minimum atomic E-state index is 0.800. The molecule has 0 aromatic heterocycles. The van der Waals surface area contributed by atoms with Crippen molar-refractivity contribution in [2.75, 3.05) is 0 Å². The molecule has 112 valence electrons. The van der Waals surface area contributed by atoms with E-state index in [1.807, 2.05) is 13.8 Å². The van der Waals surface area contributed by atoms with E-state index in [1.54, 1.807) is 5.57 Å². The molecule has 0 aromatic carbocycles. The van der Waals surface area contributed by atoms with Crippen LogP contribution < -0.4 is 0 Å².